The summed E-state index contributed by atoms with van der Waals surface area (Å²) in [7, 11) is 0. The topological polar surface area (TPSA) is 55.0 Å². The Hall–Kier alpha value is -5.79. The van der Waals surface area contributed by atoms with Gasteiger partial charge >= 0.3 is 0 Å². The number of hydrogen-bond donors (Lipinski definition) is 0. The lowest BCUT2D eigenvalue weighted by molar-refractivity contribution is 0.668. The molecule has 41 heavy (non-hydrogen) atoms. The van der Waals surface area contributed by atoms with E-state index in [9.17, 15) is 5.26 Å². The van der Waals surface area contributed by atoms with Gasteiger partial charge in [-0.25, -0.2) is 0 Å². The van der Waals surface area contributed by atoms with Crippen LogP contribution in [0.15, 0.2) is 130 Å². The molecule has 0 bridgehead atoms. The van der Waals surface area contributed by atoms with Crippen LogP contribution in [0.1, 0.15) is 5.56 Å². The predicted octanol–water partition coefficient (Wildman–Crippen LogP) is 10.1. The van der Waals surface area contributed by atoms with E-state index in [1.54, 1.807) is 6.07 Å². The zero-order valence-electron chi connectivity index (χ0n) is 21.8. The zero-order valence-corrected chi connectivity index (χ0v) is 21.8. The molecule has 0 aliphatic heterocycles. The summed E-state index contributed by atoms with van der Waals surface area (Å²) in [5.41, 5.74) is 9.66. The van der Waals surface area contributed by atoms with Crippen molar-refractivity contribution in [1.29, 1.82) is 5.26 Å². The molecule has 0 amide bonds. The first-order chi connectivity index (χ1) is 20.2. The summed E-state index contributed by atoms with van der Waals surface area (Å²) in [6, 6.07) is 44.0. The molecule has 4 nitrogen and oxygen atoms in total. The van der Waals surface area contributed by atoms with Crippen molar-refractivity contribution < 1.29 is 8.83 Å². The molecule has 0 aliphatic rings. The Morgan fingerprint density at radius 1 is 0.463 bits per heavy atom. The summed E-state index contributed by atoms with van der Waals surface area (Å²) < 4.78 is 14.5. The minimum absolute atomic E-state index is 0.622. The van der Waals surface area contributed by atoms with E-state index < -0.39 is 0 Å². The number of para-hydroxylation sites is 2. The Kier molecular flexibility index (Phi) is 4.37. The van der Waals surface area contributed by atoms with Crippen molar-refractivity contribution >= 4 is 65.7 Å². The van der Waals surface area contributed by atoms with E-state index in [-0.39, 0.29) is 0 Å². The van der Waals surface area contributed by atoms with Crippen molar-refractivity contribution in [2.45, 2.75) is 0 Å². The van der Waals surface area contributed by atoms with Gasteiger partial charge in [0.25, 0.3) is 0 Å². The van der Waals surface area contributed by atoms with Gasteiger partial charge in [0.05, 0.1) is 22.7 Å². The summed E-state index contributed by atoms with van der Waals surface area (Å²) in [5, 5.41) is 16.0. The Morgan fingerprint density at radius 2 is 1.05 bits per heavy atom. The van der Waals surface area contributed by atoms with Crippen LogP contribution in [-0.4, -0.2) is 4.57 Å². The molecule has 0 spiro atoms. The first-order valence-corrected chi connectivity index (χ1v) is 13.6. The highest BCUT2D eigenvalue weighted by molar-refractivity contribution is 6.12. The number of aromatic nitrogens is 1. The highest BCUT2D eigenvalue weighted by Gasteiger charge is 2.16. The SMILES string of the molecule is N#Cc1ccc2oc3ccc(-n4c5ccccc5c5cc(-c6ccc7oc8ccccc8c7c6)ccc54)cc3c2c1. The molecule has 9 rings (SSSR count). The fraction of sp³-hybridized carbons (Fsp3) is 0. The average Bonchev–Trinajstić information content (AvgIpc) is 3.69. The summed E-state index contributed by atoms with van der Waals surface area (Å²) in [6.45, 7) is 0. The van der Waals surface area contributed by atoms with Crippen LogP contribution in [0.4, 0.5) is 0 Å². The number of nitrogens with zero attached hydrogens (tertiary/aromatic N) is 2. The van der Waals surface area contributed by atoms with Gasteiger partial charge < -0.3 is 13.4 Å². The second-order valence-electron chi connectivity index (χ2n) is 10.5. The number of rotatable bonds is 2. The minimum Gasteiger partial charge on any atom is -0.456 e. The van der Waals surface area contributed by atoms with Crippen LogP contribution in [0.2, 0.25) is 0 Å². The van der Waals surface area contributed by atoms with Crippen LogP contribution in [0.25, 0.3) is 82.5 Å². The van der Waals surface area contributed by atoms with Gasteiger partial charge in [0.15, 0.2) is 0 Å². The van der Waals surface area contributed by atoms with Crippen molar-refractivity contribution in [2.24, 2.45) is 0 Å². The highest BCUT2D eigenvalue weighted by Crippen LogP contribution is 2.38. The van der Waals surface area contributed by atoms with Gasteiger partial charge in [-0.2, -0.15) is 5.26 Å². The van der Waals surface area contributed by atoms with Crippen LogP contribution in [-0.2, 0) is 0 Å². The lowest BCUT2D eigenvalue weighted by atomic mass is 10.0. The molecule has 9 aromatic rings. The molecule has 0 radical (unpaired) electrons. The average molecular weight is 525 g/mol. The van der Waals surface area contributed by atoms with Crippen molar-refractivity contribution in [3.8, 4) is 22.9 Å². The third-order valence-electron chi connectivity index (χ3n) is 8.22. The smallest absolute Gasteiger partial charge is 0.135 e. The largest absolute Gasteiger partial charge is 0.456 e. The summed E-state index contributed by atoms with van der Waals surface area (Å²) in [6.07, 6.45) is 0. The van der Waals surface area contributed by atoms with Crippen LogP contribution in [0.5, 0.6) is 0 Å². The number of hydrogen-bond acceptors (Lipinski definition) is 3. The molecule has 0 saturated carbocycles. The number of fused-ring (bicyclic) bond motifs is 9. The maximum Gasteiger partial charge on any atom is 0.135 e. The van der Waals surface area contributed by atoms with Gasteiger partial charge in [0.1, 0.15) is 22.3 Å². The third kappa shape index (κ3) is 3.15. The van der Waals surface area contributed by atoms with E-state index >= 15 is 0 Å². The molecule has 3 heterocycles. The Labute approximate surface area is 233 Å². The maximum absolute atomic E-state index is 9.45. The molecule has 4 heteroatoms. The standard InChI is InChI=1S/C37H20N2O2/c38-21-22-9-14-35-29(17-22)31-20-25(12-16-37(31)41-35)39-32-7-3-1-5-26(32)28-18-23(10-13-33(28)39)24-11-15-36-30(19-24)27-6-2-4-8-34(27)40-36/h1-20H. The Bertz CT molecular complexity index is 2550. The van der Waals surface area contributed by atoms with Crippen molar-refractivity contribution in [3.63, 3.8) is 0 Å². The van der Waals surface area contributed by atoms with Gasteiger partial charge in [-0.15, -0.1) is 0 Å². The quantitative estimate of drug-likeness (QED) is 0.226. The van der Waals surface area contributed by atoms with Crippen molar-refractivity contribution in [3.05, 3.63) is 127 Å². The second kappa shape index (κ2) is 8.11. The van der Waals surface area contributed by atoms with Gasteiger partial charge in [0.2, 0.25) is 0 Å². The van der Waals surface area contributed by atoms with Gasteiger partial charge in [-0.1, -0.05) is 48.5 Å². The first-order valence-electron chi connectivity index (χ1n) is 13.6. The number of nitriles is 1. The molecular weight excluding hydrogens is 504 g/mol. The zero-order chi connectivity index (χ0) is 27.1. The van der Waals surface area contributed by atoms with Gasteiger partial charge in [0, 0.05) is 38.0 Å². The van der Waals surface area contributed by atoms with E-state index in [0.29, 0.717) is 5.56 Å². The summed E-state index contributed by atoms with van der Waals surface area (Å²) in [4.78, 5) is 0. The van der Waals surface area contributed by atoms with Crippen LogP contribution < -0.4 is 0 Å². The monoisotopic (exact) mass is 524 g/mol. The lowest BCUT2D eigenvalue weighted by Gasteiger charge is -2.09. The van der Waals surface area contributed by atoms with Crippen LogP contribution in [0.3, 0.4) is 0 Å². The van der Waals surface area contributed by atoms with E-state index in [1.807, 2.05) is 30.3 Å². The van der Waals surface area contributed by atoms with E-state index in [1.165, 1.54) is 10.8 Å². The van der Waals surface area contributed by atoms with Crippen molar-refractivity contribution in [1.82, 2.24) is 4.57 Å². The molecular formula is C37H20N2O2. The normalized spacial score (nSPS) is 11.9. The summed E-state index contributed by atoms with van der Waals surface area (Å²) in [5.74, 6) is 0. The highest BCUT2D eigenvalue weighted by atomic mass is 16.3. The number of benzene rings is 6. The molecule has 0 unspecified atom stereocenters. The molecule has 6 aromatic carbocycles. The van der Waals surface area contributed by atoms with Crippen LogP contribution >= 0.6 is 0 Å². The molecule has 0 saturated heterocycles. The second-order valence-corrected chi connectivity index (χ2v) is 10.5. The minimum atomic E-state index is 0.622. The van der Waals surface area contributed by atoms with Crippen LogP contribution in [0, 0.1) is 11.3 Å². The number of furan rings is 2. The molecule has 0 atom stereocenters. The van der Waals surface area contributed by atoms with Crippen molar-refractivity contribution in [2.75, 3.05) is 0 Å². The molecule has 0 N–H and O–H groups in total. The van der Waals surface area contributed by atoms with E-state index in [4.69, 9.17) is 8.83 Å². The predicted molar refractivity (Wildman–Crippen MR) is 165 cm³/mol. The van der Waals surface area contributed by atoms with Gasteiger partial charge in [-0.05, 0) is 83.9 Å². The Morgan fingerprint density at radius 3 is 1.88 bits per heavy atom. The first kappa shape index (κ1) is 22.1. The molecule has 0 fully saturated rings. The fourth-order valence-electron chi connectivity index (χ4n) is 6.31. The Balaban J connectivity index is 1.27. The fourth-order valence-corrected chi connectivity index (χ4v) is 6.31. The molecule has 3 aromatic heterocycles. The third-order valence-corrected chi connectivity index (χ3v) is 8.22. The van der Waals surface area contributed by atoms with E-state index in [2.05, 4.69) is 95.6 Å². The molecule has 190 valence electrons. The molecule has 0 aliphatic carbocycles. The van der Waals surface area contributed by atoms with Gasteiger partial charge in [-0.3, -0.25) is 0 Å². The summed E-state index contributed by atoms with van der Waals surface area (Å²) >= 11 is 0. The maximum atomic E-state index is 9.45. The lowest BCUT2D eigenvalue weighted by Crippen LogP contribution is -1.93. The van der Waals surface area contributed by atoms with E-state index in [0.717, 1.165) is 71.7 Å².